The van der Waals surface area contributed by atoms with E-state index in [2.05, 4.69) is 42.0 Å². The molecule has 1 aromatic rings. The smallest absolute Gasteiger partial charge is 0.191 e. The van der Waals surface area contributed by atoms with Gasteiger partial charge in [-0.3, -0.25) is 4.99 Å². The molecule has 1 fully saturated rings. The van der Waals surface area contributed by atoms with Gasteiger partial charge in [-0.2, -0.15) is 0 Å². The van der Waals surface area contributed by atoms with Crippen molar-refractivity contribution in [3.63, 3.8) is 0 Å². The SMILES string of the molecule is CCNC(=NCC(C)Cc1cccs1)NCC1CCCC1O.I. The Balaban J connectivity index is 0.00000264. The van der Waals surface area contributed by atoms with Crippen LogP contribution in [0.15, 0.2) is 22.5 Å². The monoisotopic (exact) mass is 451 g/mol. The van der Waals surface area contributed by atoms with E-state index < -0.39 is 0 Å². The number of aliphatic hydroxyl groups excluding tert-OH is 1. The molecule has 0 saturated heterocycles. The molecular formula is C17H30IN3OS. The van der Waals surface area contributed by atoms with Gasteiger partial charge in [-0.05, 0) is 43.6 Å². The van der Waals surface area contributed by atoms with Crippen LogP contribution >= 0.6 is 35.3 Å². The minimum absolute atomic E-state index is 0. The Morgan fingerprint density at radius 2 is 2.26 bits per heavy atom. The lowest BCUT2D eigenvalue weighted by Gasteiger charge is -2.18. The third kappa shape index (κ3) is 7.39. The van der Waals surface area contributed by atoms with Crippen molar-refractivity contribution < 1.29 is 5.11 Å². The van der Waals surface area contributed by atoms with E-state index in [-0.39, 0.29) is 30.1 Å². The Bertz CT molecular complexity index is 453. The summed E-state index contributed by atoms with van der Waals surface area (Å²) in [6.07, 6.45) is 4.13. The van der Waals surface area contributed by atoms with Crippen molar-refractivity contribution in [1.29, 1.82) is 0 Å². The number of nitrogens with one attached hydrogen (secondary N) is 2. The molecule has 23 heavy (non-hydrogen) atoms. The van der Waals surface area contributed by atoms with Crippen LogP contribution in [0.3, 0.4) is 0 Å². The number of guanidine groups is 1. The molecule has 1 saturated carbocycles. The molecule has 1 aromatic heterocycles. The van der Waals surface area contributed by atoms with Gasteiger partial charge >= 0.3 is 0 Å². The molecule has 0 radical (unpaired) electrons. The van der Waals surface area contributed by atoms with E-state index in [1.54, 1.807) is 0 Å². The van der Waals surface area contributed by atoms with Crippen LogP contribution in [0.5, 0.6) is 0 Å². The molecule has 2 rings (SSSR count). The fraction of sp³-hybridized carbons (Fsp3) is 0.706. The van der Waals surface area contributed by atoms with E-state index in [1.165, 1.54) is 4.88 Å². The summed E-state index contributed by atoms with van der Waals surface area (Å²) in [5.74, 6) is 1.78. The normalized spacial score (nSPS) is 22.5. The highest BCUT2D eigenvalue weighted by Gasteiger charge is 2.24. The van der Waals surface area contributed by atoms with Gasteiger partial charge in [-0.15, -0.1) is 35.3 Å². The molecule has 0 aromatic carbocycles. The van der Waals surface area contributed by atoms with E-state index in [1.807, 2.05) is 11.3 Å². The Morgan fingerprint density at radius 3 is 2.87 bits per heavy atom. The Kier molecular flexibility index (Phi) is 10.1. The second-order valence-electron chi connectivity index (χ2n) is 6.25. The first-order valence-corrected chi connectivity index (χ1v) is 9.29. The highest BCUT2D eigenvalue weighted by Crippen LogP contribution is 2.24. The van der Waals surface area contributed by atoms with E-state index >= 15 is 0 Å². The second-order valence-corrected chi connectivity index (χ2v) is 7.28. The standard InChI is InChI=1S/C17H29N3OS.HI/c1-3-18-17(20-12-14-6-4-8-16(14)21)19-11-13(2)10-15-7-5-9-22-15;/h5,7,9,13-14,16,21H,3-4,6,8,10-12H2,1-2H3,(H2,18,19,20);1H. The summed E-state index contributed by atoms with van der Waals surface area (Å²) >= 11 is 1.82. The van der Waals surface area contributed by atoms with E-state index in [4.69, 9.17) is 4.99 Å². The van der Waals surface area contributed by atoms with Crippen molar-refractivity contribution in [3.8, 4) is 0 Å². The van der Waals surface area contributed by atoms with Gasteiger partial charge in [0.25, 0.3) is 0 Å². The van der Waals surface area contributed by atoms with Crippen molar-refractivity contribution in [2.45, 2.75) is 45.6 Å². The lowest BCUT2D eigenvalue weighted by molar-refractivity contribution is 0.134. The van der Waals surface area contributed by atoms with Crippen molar-refractivity contribution in [2.75, 3.05) is 19.6 Å². The molecule has 0 aliphatic heterocycles. The topological polar surface area (TPSA) is 56.7 Å². The zero-order valence-corrected chi connectivity index (χ0v) is 17.3. The van der Waals surface area contributed by atoms with Crippen molar-refractivity contribution in [2.24, 2.45) is 16.8 Å². The molecule has 1 aliphatic carbocycles. The predicted molar refractivity (Wildman–Crippen MR) is 110 cm³/mol. The maximum absolute atomic E-state index is 9.89. The van der Waals surface area contributed by atoms with Crippen LogP contribution in [-0.4, -0.2) is 36.8 Å². The molecular weight excluding hydrogens is 421 g/mol. The summed E-state index contributed by atoms with van der Waals surface area (Å²) in [5.41, 5.74) is 0. The number of hydrogen-bond donors (Lipinski definition) is 3. The Hall–Kier alpha value is -0.340. The van der Waals surface area contributed by atoms with Gasteiger partial charge in [-0.25, -0.2) is 0 Å². The zero-order chi connectivity index (χ0) is 15.8. The maximum atomic E-state index is 9.89. The summed E-state index contributed by atoms with van der Waals surface area (Å²) in [6, 6.07) is 4.30. The fourth-order valence-corrected chi connectivity index (χ4v) is 3.78. The van der Waals surface area contributed by atoms with Crippen molar-refractivity contribution in [3.05, 3.63) is 22.4 Å². The van der Waals surface area contributed by atoms with E-state index in [9.17, 15) is 5.11 Å². The minimum Gasteiger partial charge on any atom is -0.393 e. The quantitative estimate of drug-likeness (QED) is 0.339. The molecule has 4 nitrogen and oxygen atoms in total. The lowest BCUT2D eigenvalue weighted by Crippen LogP contribution is -2.41. The number of halogens is 1. The molecule has 0 bridgehead atoms. The number of hydrogen-bond acceptors (Lipinski definition) is 3. The van der Waals surface area contributed by atoms with Crippen molar-refractivity contribution in [1.82, 2.24) is 10.6 Å². The Morgan fingerprint density at radius 1 is 1.43 bits per heavy atom. The van der Waals surface area contributed by atoms with Gasteiger partial charge in [-0.1, -0.05) is 19.4 Å². The number of nitrogens with zero attached hydrogens (tertiary/aromatic N) is 1. The highest BCUT2D eigenvalue weighted by atomic mass is 127. The van der Waals surface area contributed by atoms with Crippen LogP contribution in [0.2, 0.25) is 0 Å². The molecule has 6 heteroatoms. The first-order chi connectivity index (χ1) is 10.7. The first kappa shape index (κ1) is 20.7. The third-order valence-corrected chi connectivity index (χ3v) is 5.08. The van der Waals surface area contributed by atoms with Crippen LogP contribution in [0, 0.1) is 11.8 Å². The van der Waals surface area contributed by atoms with Gasteiger partial charge in [0.1, 0.15) is 0 Å². The Labute approximate surface area is 161 Å². The van der Waals surface area contributed by atoms with Crippen LogP contribution < -0.4 is 10.6 Å². The van der Waals surface area contributed by atoms with Crippen LogP contribution in [0.1, 0.15) is 38.0 Å². The summed E-state index contributed by atoms with van der Waals surface area (Å²) in [7, 11) is 0. The fourth-order valence-electron chi connectivity index (χ4n) is 2.91. The number of rotatable bonds is 7. The second kappa shape index (κ2) is 11.3. The third-order valence-electron chi connectivity index (χ3n) is 4.19. The van der Waals surface area contributed by atoms with Crippen LogP contribution in [0.25, 0.3) is 0 Å². The highest BCUT2D eigenvalue weighted by molar-refractivity contribution is 14.0. The van der Waals surface area contributed by atoms with Crippen molar-refractivity contribution >= 4 is 41.3 Å². The van der Waals surface area contributed by atoms with Crippen LogP contribution in [-0.2, 0) is 6.42 Å². The molecule has 1 aliphatic rings. The van der Waals surface area contributed by atoms with E-state index in [0.717, 1.165) is 51.3 Å². The molecule has 3 unspecified atom stereocenters. The molecule has 3 atom stereocenters. The average molecular weight is 451 g/mol. The molecule has 0 spiro atoms. The summed E-state index contributed by atoms with van der Waals surface area (Å²) in [4.78, 5) is 6.12. The summed E-state index contributed by atoms with van der Waals surface area (Å²) in [5, 5.41) is 18.7. The molecule has 3 N–H and O–H groups in total. The number of aliphatic hydroxyl groups is 1. The summed E-state index contributed by atoms with van der Waals surface area (Å²) < 4.78 is 0. The minimum atomic E-state index is -0.145. The lowest BCUT2D eigenvalue weighted by atomic mass is 10.1. The molecule has 1 heterocycles. The summed E-state index contributed by atoms with van der Waals surface area (Å²) in [6.45, 7) is 6.81. The number of aliphatic imine (C=N–C) groups is 1. The predicted octanol–water partition coefficient (Wildman–Crippen LogP) is 3.26. The van der Waals surface area contributed by atoms with Gasteiger partial charge < -0.3 is 15.7 Å². The largest absolute Gasteiger partial charge is 0.393 e. The van der Waals surface area contributed by atoms with Crippen LogP contribution in [0.4, 0.5) is 0 Å². The number of thiophene rings is 1. The molecule has 132 valence electrons. The maximum Gasteiger partial charge on any atom is 0.191 e. The van der Waals surface area contributed by atoms with E-state index in [0.29, 0.717) is 11.8 Å². The molecule has 0 amide bonds. The van der Waals surface area contributed by atoms with Gasteiger partial charge in [0.15, 0.2) is 5.96 Å². The average Bonchev–Trinajstić information content (AvgIpc) is 3.14. The van der Waals surface area contributed by atoms with Gasteiger partial charge in [0, 0.05) is 30.4 Å². The zero-order valence-electron chi connectivity index (χ0n) is 14.1. The van der Waals surface area contributed by atoms with Gasteiger partial charge in [0.05, 0.1) is 6.10 Å². The van der Waals surface area contributed by atoms with Gasteiger partial charge in [0.2, 0.25) is 0 Å². The first-order valence-electron chi connectivity index (χ1n) is 8.41.